The van der Waals surface area contributed by atoms with Gasteiger partial charge in [0.15, 0.2) is 5.58 Å². The van der Waals surface area contributed by atoms with Gasteiger partial charge >= 0.3 is 0 Å². The first kappa shape index (κ1) is 21.1. The highest BCUT2D eigenvalue weighted by atomic mass is 16.6. The first-order valence-electron chi connectivity index (χ1n) is 9.34. The fourth-order valence-corrected chi connectivity index (χ4v) is 3.77. The van der Waals surface area contributed by atoms with Crippen LogP contribution in [0.1, 0.15) is 11.7 Å². The van der Waals surface area contributed by atoms with Gasteiger partial charge in [0.1, 0.15) is 59.4 Å². The molecule has 0 saturated carbocycles. The van der Waals surface area contributed by atoms with Crippen LogP contribution in [0.4, 0.5) is 0 Å². The molecular formula is C21H20O10. The monoisotopic (exact) mass is 432 g/mol. The zero-order chi connectivity index (χ0) is 22.4. The van der Waals surface area contributed by atoms with Gasteiger partial charge < -0.3 is 44.9 Å². The van der Waals surface area contributed by atoms with Crippen LogP contribution >= 0.6 is 0 Å². The molecule has 2 aromatic carbocycles. The van der Waals surface area contributed by atoms with Crippen molar-refractivity contribution in [1.82, 2.24) is 0 Å². The molecule has 0 radical (unpaired) electrons. The van der Waals surface area contributed by atoms with Gasteiger partial charge in [-0.1, -0.05) is 12.1 Å². The van der Waals surface area contributed by atoms with Gasteiger partial charge in [-0.05, 0) is 17.7 Å². The smallest absolute Gasteiger partial charge is 0.204 e. The van der Waals surface area contributed by atoms with E-state index >= 15 is 0 Å². The second-order valence-corrected chi connectivity index (χ2v) is 7.31. The van der Waals surface area contributed by atoms with E-state index in [1.54, 1.807) is 0 Å². The number of aliphatic hydroxyl groups excluding tert-OH is 4. The van der Waals surface area contributed by atoms with Crippen LogP contribution in [0, 0.1) is 0 Å². The highest BCUT2D eigenvalue weighted by Crippen LogP contribution is 2.44. The molecule has 1 fully saturated rings. The van der Waals surface area contributed by atoms with Gasteiger partial charge in [-0.3, -0.25) is 4.79 Å². The van der Waals surface area contributed by atoms with Gasteiger partial charge in [0.2, 0.25) is 5.43 Å². The number of hydrogen-bond acceptors (Lipinski definition) is 10. The molecule has 0 aliphatic carbocycles. The van der Waals surface area contributed by atoms with Gasteiger partial charge in [-0.2, -0.15) is 0 Å². The van der Waals surface area contributed by atoms with E-state index in [0.717, 1.165) is 12.3 Å². The third-order valence-corrected chi connectivity index (χ3v) is 5.37. The summed E-state index contributed by atoms with van der Waals surface area (Å²) in [5.74, 6) is -1.15. The second kappa shape index (κ2) is 7.84. The van der Waals surface area contributed by atoms with Crippen LogP contribution in [-0.4, -0.2) is 66.8 Å². The normalized spacial score (nSPS) is 24.5. The summed E-state index contributed by atoms with van der Waals surface area (Å²) in [5.41, 5.74) is -0.658. The minimum Gasteiger partial charge on any atom is -0.508 e. The molecule has 7 N–H and O–H groups in total. The van der Waals surface area contributed by atoms with E-state index in [1.165, 1.54) is 24.3 Å². The minimum absolute atomic E-state index is 0.00506. The molecule has 1 aromatic heterocycles. The Labute approximate surface area is 174 Å². The Hall–Kier alpha value is -3.15. The quantitative estimate of drug-likeness (QED) is 0.298. The number of benzene rings is 2. The Morgan fingerprint density at radius 1 is 1.00 bits per heavy atom. The number of hydrogen-bond donors (Lipinski definition) is 7. The summed E-state index contributed by atoms with van der Waals surface area (Å²) in [7, 11) is 0. The van der Waals surface area contributed by atoms with Crippen LogP contribution in [0.15, 0.2) is 45.8 Å². The van der Waals surface area contributed by atoms with Crippen molar-refractivity contribution in [3.05, 3.63) is 52.4 Å². The molecule has 0 amide bonds. The van der Waals surface area contributed by atoms with Crippen LogP contribution in [0.3, 0.4) is 0 Å². The molecule has 1 aliphatic heterocycles. The zero-order valence-corrected chi connectivity index (χ0v) is 15.9. The van der Waals surface area contributed by atoms with Crippen LogP contribution in [0.5, 0.6) is 17.2 Å². The highest BCUT2D eigenvalue weighted by molar-refractivity contribution is 5.91. The first-order valence-corrected chi connectivity index (χ1v) is 9.34. The van der Waals surface area contributed by atoms with E-state index in [0.29, 0.717) is 5.56 Å². The second-order valence-electron chi connectivity index (χ2n) is 7.31. The van der Waals surface area contributed by atoms with Gasteiger partial charge in [0, 0.05) is 6.07 Å². The molecule has 31 heavy (non-hydrogen) atoms. The van der Waals surface area contributed by atoms with Crippen molar-refractivity contribution in [1.29, 1.82) is 0 Å². The van der Waals surface area contributed by atoms with Crippen molar-refractivity contribution >= 4 is 11.0 Å². The predicted molar refractivity (Wildman–Crippen MR) is 106 cm³/mol. The number of aromatic hydroxyl groups is 3. The first-order chi connectivity index (χ1) is 14.7. The molecule has 0 spiro atoms. The van der Waals surface area contributed by atoms with Crippen molar-refractivity contribution in [3.8, 4) is 28.4 Å². The van der Waals surface area contributed by atoms with Gasteiger partial charge in [-0.15, -0.1) is 0 Å². The van der Waals surface area contributed by atoms with Gasteiger partial charge in [-0.25, -0.2) is 0 Å². The SMILES string of the molecule is O=c1c(-c2ccc(O)cc2)coc2c(C3OC(C(O)CO)C(O)C3O)c(O)cc(O)c12. The van der Waals surface area contributed by atoms with Gasteiger partial charge in [0.05, 0.1) is 17.7 Å². The summed E-state index contributed by atoms with van der Waals surface area (Å²) in [4.78, 5) is 13.1. The Bertz CT molecular complexity index is 1170. The molecule has 4 rings (SSSR count). The third kappa shape index (κ3) is 3.40. The largest absolute Gasteiger partial charge is 0.508 e. The molecule has 164 valence electrons. The molecule has 1 aliphatic rings. The summed E-state index contributed by atoms with van der Waals surface area (Å²) in [6, 6.07) is 6.59. The molecule has 5 unspecified atom stereocenters. The number of aliphatic hydroxyl groups is 4. The fourth-order valence-electron chi connectivity index (χ4n) is 3.77. The van der Waals surface area contributed by atoms with E-state index in [9.17, 15) is 35.4 Å². The standard InChI is InChI=1S/C21H20O10/c22-6-13(26)19-17(28)18(29)21(31-19)15-12(25)5-11(24)14-16(27)10(7-30-20(14)15)8-1-3-9(23)4-2-8/h1-5,7,13,17-19,21-26,28-29H,6H2. The molecule has 10 heteroatoms. The maximum absolute atomic E-state index is 13.1. The molecule has 10 nitrogen and oxygen atoms in total. The molecule has 3 aromatic rings. The lowest BCUT2D eigenvalue weighted by atomic mass is 9.96. The summed E-state index contributed by atoms with van der Waals surface area (Å²) in [6.07, 6.45) is -6.43. The Kier molecular flexibility index (Phi) is 5.33. The molecule has 2 heterocycles. The summed E-state index contributed by atoms with van der Waals surface area (Å²) >= 11 is 0. The Morgan fingerprint density at radius 2 is 1.68 bits per heavy atom. The summed E-state index contributed by atoms with van der Waals surface area (Å²) in [6.45, 7) is -0.742. The topological polar surface area (TPSA) is 181 Å². The summed E-state index contributed by atoms with van der Waals surface area (Å²) < 4.78 is 11.0. The molecule has 5 atom stereocenters. The van der Waals surface area contributed by atoms with E-state index < -0.39 is 54.1 Å². The Balaban J connectivity index is 1.89. The fraction of sp³-hybridized carbons (Fsp3) is 0.286. The average molecular weight is 432 g/mol. The number of fused-ring (bicyclic) bond motifs is 1. The lowest BCUT2D eigenvalue weighted by molar-refractivity contribution is -0.0822. The predicted octanol–water partition coefficient (Wildman–Crippen LogP) is 0.0917. The lowest BCUT2D eigenvalue weighted by Gasteiger charge is -2.19. The van der Waals surface area contributed by atoms with Crippen LogP contribution < -0.4 is 5.43 Å². The maximum Gasteiger partial charge on any atom is 0.204 e. The van der Waals surface area contributed by atoms with E-state index in [-0.39, 0.29) is 27.8 Å². The van der Waals surface area contributed by atoms with Crippen molar-refractivity contribution in [3.63, 3.8) is 0 Å². The lowest BCUT2D eigenvalue weighted by Crippen LogP contribution is -2.40. The van der Waals surface area contributed by atoms with Crippen molar-refractivity contribution < 1.29 is 44.9 Å². The zero-order valence-electron chi connectivity index (χ0n) is 15.9. The molecule has 1 saturated heterocycles. The average Bonchev–Trinajstić information content (AvgIpc) is 3.03. The number of phenols is 3. The van der Waals surface area contributed by atoms with E-state index in [2.05, 4.69) is 0 Å². The van der Waals surface area contributed by atoms with Crippen molar-refractivity contribution in [2.24, 2.45) is 0 Å². The molecule has 0 bridgehead atoms. The van der Waals surface area contributed by atoms with Crippen molar-refractivity contribution in [2.75, 3.05) is 6.61 Å². The highest BCUT2D eigenvalue weighted by Gasteiger charge is 2.48. The summed E-state index contributed by atoms with van der Waals surface area (Å²) in [5, 5.41) is 69.4. The number of rotatable bonds is 4. The van der Waals surface area contributed by atoms with Crippen LogP contribution in [0.2, 0.25) is 0 Å². The minimum atomic E-state index is -1.63. The van der Waals surface area contributed by atoms with Crippen molar-refractivity contribution in [2.45, 2.75) is 30.5 Å². The van der Waals surface area contributed by atoms with E-state index in [4.69, 9.17) is 14.3 Å². The van der Waals surface area contributed by atoms with E-state index in [1.807, 2.05) is 0 Å². The van der Waals surface area contributed by atoms with Crippen LogP contribution in [-0.2, 0) is 4.74 Å². The molecular weight excluding hydrogens is 412 g/mol. The number of phenolic OH excluding ortho intramolecular Hbond substituents is 3. The van der Waals surface area contributed by atoms with Gasteiger partial charge in [0.25, 0.3) is 0 Å². The maximum atomic E-state index is 13.1. The Morgan fingerprint density at radius 3 is 2.32 bits per heavy atom. The number of ether oxygens (including phenoxy) is 1. The third-order valence-electron chi connectivity index (χ3n) is 5.37. The van der Waals surface area contributed by atoms with Crippen LogP contribution in [0.25, 0.3) is 22.1 Å².